The topological polar surface area (TPSA) is 29.5 Å². The van der Waals surface area contributed by atoms with E-state index in [-0.39, 0.29) is 11.2 Å². The molecule has 0 radical (unpaired) electrons. The Morgan fingerprint density at radius 3 is 3.00 bits per heavy atom. The number of hydrogen-bond acceptors (Lipinski definition) is 3. The summed E-state index contributed by atoms with van der Waals surface area (Å²) in [4.78, 5) is 15.0. The fourth-order valence-electron chi connectivity index (χ4n) is 5.44. The number of likely N-dealkylation sites (tertiary alicyclic amines) is 1. The van der Waals surface area contributed by atoms with Gasteiger partial charge in [-0.05, 0) is 67.5 Å². The van der Waals surface area contributed by atoms with E-state index in [4.69, 9.17) is 4.74 Å². The standard InChI is InChI=1S/C21H25NO2/c1-24-17-6-4-15-10-20-18-7-5-16(23)12-21(18,19(15)11-17)8-9-22(20)13-14-2-3-14/h4-7,11,14,18,20H,2-3,8-10,12-13H2,1H3/t18-,20+,21?/m0/s1. The van der Waals surface area contributed by atoms with Crippen LogP contribution in [0.4, 0.5) is 0 Å². The fourth-order valence-corrected chi connectivity index (χ4v) is 5.44. The zero-order valence-corrected chi connectivity index (χ0v) is 14.3. The van der Waals surface area contributed by atoms with E-state index < -0.39 is 0 Å². The van der Waals surface area contributed by atoms with Gasteiger partial charge in [0.25, 0.3) is 0 Å². The average molecular weight is 323 g/mol. The minimum atomic E-state index is -0.00132. The van der Waals surface area contributed by atoms with Gasteiger partial charge in [-0.25, -0.2) is 0 Å². The van der Waals surface area contributed by atoms with Gasteiger partial charge in [0.1, 0.15) is 5.75 Å². The molecule has 1 aromatic carbocycles. The molecule has 1 saturated heterocycles. The smallest absolute Gasteiger partial charge is 0.156 e. The van der Waals surface area contributed by atoms with Crippen LogP contribution in [0.3, 0.4) is 0 Å². The maximum Gasteiger partial charge on any atom is 0.156 e. The Morgan fingerprint density at radius 1 is 1.33 bits per heavy atom. The van der Waals surface area contributed by atoms with E-state index in [0.717, 1.165) is 31.1 Å². The van der Waals surface area contributed by atoms with Gasteiger partial charge in [-0.2, -0.15) is 0 Å². The molecule has 2 fully saturated rings. The number of carbonyl (C=O) groups is 1. The summed E-state index contributed by atoms with van der Waals surface area (Å²) in [5.74, 6) is 2.60. The third-order valence-electron chi connectivity index (χ3n) is 6.82. The summed E-state index contributed by atoms with van der Waals surface area (Å²) in [5.41, 5.74) is 2.81. The van der Waals surface area contributed by atoms with Crippen LogP contribution in [-0.2, 0) is 16.6 Å². The monoisotopic (exact) mass is 323 g/mol. The van der Waals surface area contributed by atoms with Crippen molar-refractivity contribution < 1.29 is 9.53 Å². The summed E-state index contributed by atoms with van der Waals surface area (Å²) >= 11 is 0. The number of rotatable bonds is 3. The molecule has 3 aliphatic carbocycles. The van der Waals surface area contributed by atoms with Crippen LogP contribution >= 0.6 is 0 Å². The summed E-state index contributed by atoms with van der Waals surface area (Å²) in [6.07, 6.45) is 9.76. The number of allylic oxidation sites excluding steroid dienone is 1. The number of nitrogens with zero attached hydrogens (tertiary/aromatic N) is 1. The van der Waals surface area contributed by atoms with E-state index in [1.807, 2.05) is 6.08 Å². The van der Waals surface area contributed by atoms with E-state index in [0.29, 0.717) is 18.4 Å². The van der Waals surface area contributed by atoms with Crippen molar-refractivity contribution >= 4 is 5.78 Å². The molecular formula is C21H25NO2. The van der Waals surface area contributed by atoms with Crippen molar-refractivity contribution in [1.29, 1.82) is 0 Å². The highest BCUT2D eigenvalue weighted by atomic mass is 16.5. The lowest BCUT2D eigenvalue weighted by molar-refractivity contribution is -0.118. The number of fused-ring (bicyclic) bond motifs is 1. The molecule has 24 heavy (non-hydrogen) atoms. The highest BCUT2D eigenvalue weighted by Gasteiger charge is 2.54. The predicted molar refractivity (Wildman–Crippen MR) is 93.3 cm³/mol. The van der Waals surface area contributed by atoms with Crippen molar-refractivity contribution in [3.05, 3.63) is 41.5 Å². The van der Waals surface area contributed by atoms with E-state index >= 15 is 0 Å². The minimum Gasteiger partial charge on any atom is -0.497 e. The fraction of sp³-hybridized carbons (Fsp3) is 0.571. The molecule has 2 bridgehead atoms. The lowest BCUT2D eigenvalue weighted by Crippen LogP contribution is -2.61. The molecule has 1 saturated carbocycles. The Labute approximate surface area is 143 Å². The summed E-state index contributed by atoms with van der Waals surface area (Å²) in [6.45, 7) is 2.39. The third-order valence-corrected chi connectivity index (χ3v) is 6.82. The first-order valence-corrected chi connectivity index (χ1v) is 9.32. The molecule has 1 aliphatic heterocycles. The van der Waals surface area contributed by atoms with Gasteiger partial charge in [-0.15, -0.1) is 0 Å². The number of carbonyl (C=O) groups excluding carboxylic acids is 1. The molecule has 1 heterocycles. The number of hydrogen-bond donors (Lipinski definition) is 0. The van der Waals surface area contributed by atoms with E-state index in [1.54, 1.807) is 7.11 Å². The zero-order valence-electron chi connectivity index (χ0n) is 14.3. The molecule has 5 rings (SSSR count). The SMILES string of the molecule is COc1ccc2c(c1)C13CCN(CC4CC4)[C@H](C2)[C@@H]1C=CC(=O)C3. The van der Waals surface area contributed by atoms with Crippen molar-refractivity contribution in [2.75, 3.05) is 20.2 Å². The molecule has 1 aromatic rings. The van der Waals surface area contributed by atoms with Crippen LogP contribution in [0.15, 0.2) is 30.4 Å². The molecule has 3 heteroatoms. The predicted octanol–water partition coefficient (Wildman–Crippen LogP) is 3.12. The van der Waals surface area contributed by atoms with Crippen LogP contribution in [0.5, 0.6) is 5.75 Å². The Morgan fingerprint density at radius 2 is 2.21 bits per heavy atom. The maximum absolute atomic E-state index is 12.3. The Hall–Kier alpha value is -1.61. The highest BCUT2D eigenvalue weighted by molar-refractivity contribution is 5.92. The van der Waals surface area contributed by atoms with Crippen molar-refractivity contribution in [1.82, 2.24) is 4.90 Å². The molecular weight excluding hydrogens is 298 g/mol. The summed E-state index contributed by atoms with van der Waals surface area (Å²) < 4.78 is 5.49. The maximum atomic E-state index is 12.3. The lowest BCUT2D eigenvalue weighted by Gasteiger charge is -2.57. The molecule has 1 unspecified atom stereocenters. The van der Waals surface area contributed by atoms with Gasteiger partial charge >= 0.3 is 0 Å². The summed E-state index contributed by atoms with van der Waals surface area (Å²) in [7, 11) is 1.73. The first-order chi connectivity index (χ1) is 11.7. The van der Waals surface area contributed by atoms with Crippen molar-refractivity contribution in [2.24, 2.45) is 11.8 Å². The van der Waals surface area contributed by atoms with Crippen LogP contribution in [0.2, 0.25) is 0 Å². The van der Waals surface area contributed by atoms with Crippen LogP contribution in [-0.4, -0.2) is 36.9 Å². The molecule has 0 N–H and O–H groups in total. The minimum absolute atomic E-state index is 0.00132. The molecule has 0 spiro atoms. The van der Waals surface area contributed by atoms with Crippen LogP contribution in [0.25, 0.3) is 0 Å². The summed E-state index contributed by atoms with van der Waals surface area (Å²) in [5, 5.41) is 0. The van der Waals surface area contributed by atoms with Gasteiger partial charge in [-0.1, -0.05) is 12.1 Å². The molecule has 3 atom stereocenters. The van der Waals surface area contributed by atoms with Gasteiger partial charge in [0.15, 0.2) is 5.78 Å². The van der Waals surface area contributed by atoms with Gasteiger partial charge in [0, 0.05) is 30.3 Å². The third kappa shape index (κ3) is 2.10. The quantitative estimate of drug-likeness (QED) is 0.856. The number of benzene rings is 1. The summed E-state index contributed by atoms with van der Waals surface area (Å²) in [6, 6.07) is 7.09. The van der Waals surface area contributed by atoms with Gasteiger partial charge in [-0.3, -0.25) is 9.69 Å². The second-order valence-corrected chi connectivity index (χ2v) is 8.17. The zero-order chi connectivity index (χ0) is 16.3. The first kappa shape index (κ1) is 14.7. The second-order valence-electron chi connectivity index (χ2n) is 8.17. The van der Waals surface area contributed by atoms with Gasteiger partial charge in [0.2, 0.25) is 0 Å². The number of methoxy groups -OCH3 is 1. The normalized spacial score (nSPS) is 34.6. The molecule has 0 aromatic heterocycles. The Balaban J connectivity index is 1.62. The Bertz CT molecular complexity index is 721. The highest BCUT2D eigenvalue weighted by Crippen LogP contribution is 2.54. The molecule has 0 amide bonds. The van der Waals surface area contributed by atoms with Crippen LogP contribution in [0, 0.1) is 11.8 Å². The van der Waals surface area contributed by atoms with Crippen LogP contribution in [0.1, 0.15) is 36.8 Å². The number of piperidine rings is 1. The van der Waals surface area contributed by atoms with E-state index in [2.05, 4.69) is 29.2 Å². The number of ether oxygens (including phenoxy) is 1. The Kier molecular flexibility index (Phi) is 3.18. The van der Waals surface area contributed by atoms with E-state index in [9.17, 15) is 4.79 Å². The largest absolute Gasteiger partial charge is 0.497 e. The average Bonchev–Trinajstić information content (AvgIpc) is 3.41. The van der Waals surface area contributed by atoms with Crippen molar-refractivity contribution in [3.63, 3.8) is 0 Å². The van der Waals surface area contributed by atoms with Crippen molar-refractivity contribution in [3.8, 4) is 5.75 Å². The molecule has 3 nitrogen and oxygen atoms in total. The first-order valence-electron chi connectivity index (χ1n) is 9.32. The van der Waals surface area contributed by atoms with Gasteiger partial charge < -0.3 is 4.74 Å². The van der Waals surface area contributed by atoms with Crippen molar-refractivity contribution in [2.45, 2.75) is 43.6 Å². The van der Waals surface area contributed by atoms with E-state index in [1.165, 1.54) is 30.5 Å². The number of ketones is 1. The molecule has 126 valence electrons. The lowest BCUT2D eigenvalue weighted by atomic mass is 9.54. The van der Waals surface area contributed by atoms with Crippen LogP contribution < -0.4 is 4.74 Å². The second kappa shape index (κ2) is 5.19. The molecule has 4 aliphatic rings. The van der Waals surface area contributed by atoms with Gasteiger partial charge in [0.05, 0.1) is 7.11 Å².